The number of rotatable bonds is 8. The van der Waals surface area contributed by atoms with E-state index in [1.807, 2.05) is 12.1 Å². The van der Waals surface area contributed by atoms with Crippen molar-refractivity contribution in [3.8, 4) is 0 Å². The fourth-order valence-electron chi connectivity index (χ4n) is 6.75. The number of primary amides is 1. The molecule has 32 heavy (non-hydrogen) atoms. The summed E-state index contributed by atoms with van der Waals surface area (Å²) in [5.74, 6) is 1.77. The van der Waals surface area contributed by atoms with Gasteiger partial charge in [-0.3, -0.25) is 18.8 Å². The highest BCUT2D eigenvalue weighted by Crippen LogP contribution is 2.59. The molecule has 4 aliphatic carbocycles. The van der Waals surface area contributed by atoms with E-state index < -0.39 is 5.91 Å². The first-order chi connectivity index (χ1) is 15.4. The van der Waals surface area contributed by atoms with Crippen molar-refractivity contribution in [2.45, 2.75) is 51.4 Å². The molecule has 0 aliphatic heterocycles. The van der Waals surface area contributed by atoms with E-state index in [-0.39, 0.29) is 36.6 Å². The van der Waals surface area contributed by atoms with Crippen LogP contribution in [-0.2, 0) is 16.0 Å². The molecule has 8 heteroatoms. The smallest absolute Gasteiger partial charge is 0.268 e. The number of aromatic nitrogens is 2. The van der Waals surface area contributed by atoms with Crippen LogP contribution in [0, 0.1) is 23.2 Å². The van der Waals surface area contributed by atoms with Gasteiger partial charge in [-0.05, 0) is 73.8 Å². The average Bonchev–Trinajstić information content (AvgIpc) is 3.13. The number of nitrogens with two attached hydrogens (primary N) is 1. The summed E-state index contributed by atoms with van der Waals surface area (Å²) in [6, 6.07) is 5.43. The first-order valence-electron chi connectivity index (χ1n) is 11.7. The molecule has 8 nitrogen and oxygen atoms in total. The minimum atomic E-state index is -0.456. The summed E-state index contributed by atoms with van der Waals surface area (Å²) < 4.78 is 1.75. The number of amides is 3. The van der Waals surface area contributed by atoms with Crippen LogP contribution >= 0.6 is 0 Å². The van der Waals surface area contributed by atoms with Gasteiger partial charge in [-0.1, -0.05) is 6.07 Å². The van der Waals surface area contributed by atoms with Crippen molar-refractivity contribution in [2.24, 2.45) is 28.9 Å². The van der Waals surface area contributed by atoms with E-state index in [2.05, 4.69) is 15.6 Å². The second-order valence-corrected chi connectivity index (χ2v) is 10.2. The zero-order valence-electron chi connectivity index (χ0n) is 18.3. The van der Waals surface area contributed by atoms with Crippen LogP contribution in [0.25, 0.3) is 5.65 Å². The summed E-state index contributed by atoms with van der Waals surface area (Å²) in [6.07, 6.45) is 9.85. The third-order valence-electron chi connectivity index (χ3n) is 7.60. The molecule has 170 valence electrons. The molecule has 4 fully saturated rings. The van der Waals surface area contributed by atoms with Crippen LogP contribution < -0.4 is 16.4 Å². The summed E-state index contributed by atoms with van der Waals surface area (Å²) in [5, 5.41) is 5.89. The minimum Gasteiger partial charge on any atom is -0.370 e. The van der Waals surface area contributed by atoms with E-state index in [1.54, 1.807) is 16.7 Å². The third-order valence-corrected chi connectivity index (χ3v) is 7.60. The Kier molecular flexibility index (Phi) is 5.39. The summed E-state index contributed by atoms with van der Waals surface area (Å²) in [7, 11) is 0. The zero-order valence-corrected chi connectivity index (χ0v) is 18.3. The van der Waals surface area contributed by atoms with Gasteiger partial charge >= 0.3 is 0 Å². The lowest BCUT2D eigenvalue weighted by molar-refractivity contribution is -0.120. The van der Waals surface area contributed by atoms with Gasteiger partial charge in [0.05, 0.1) is 12.1 Å². The van der Waals surface area contributed by atoms with Crippen molar-refractivity contribution >= 4 is 23.4 Å². The largest absolute Gasteiger partial charge is 0.370 e. The quantitative estimate of drug-likeness (QED) is 0.584. The lowest BCUT2D eigenvalue weighted by Gasteiger charge is -2.56. The third kappa shape index (κ3) is 4.23. The molecule has 4 N–H and O–H groups in total. The fraction of sp³-hybridized carbons (Fsp3) is 0.583. The van der Waals surface area contributed by atoms with Crippen LogP contribution in [0.5, 0.6) is 0 Å². The Morgan fingerprint density at radius 1 is 1.06 bits per heavy atom. The fourth-order valence-corrected chi connectivity index (χ4v) is 6.75. The number of fused-ring (bicyclic) bond motifs is 1. The Hall–Kier alpha value is -2.90. The second kappa shape index (κ2) is 8.22. The van der Waals surface area contributed by atoms with Crippen LogP contribution in [-0.4, -0.2) is 40.2 Å². The highest BCUT2D eigenvalue weighted by atomic mass is 16.2. The molecule has 0 saturated heterocycles. The molecule has 0 spiro atoms. The zero-order chi connectivity index (χ0) is 22.3. The van der Waals surface area contributed by atoms with Gasteiger partial charge in [-0.25, -0.2) is 4.98 Å². The molecule has 4 aliphatic rings. The summed E-state index contributed by atoms with van der Waals surface area (Å²) >= 11 is 0. The predicted octanol–water partition coefficient (Wildman–Crippen LogP) is 1.81. The molecule has 0 radical (unpaired) electrons. The van der Waals surface area contributed by atoms with Gasteiger partial charge in [-0.15, -0.1) is 0 Å². The van der Waals surface area contributed by atoms with Crippen LogP contribution in [0.15, 0.2) is 24.4 Å². The van der Waals surface area contributed by atoms with Crippen molar-refractivity contribution in [1.82, 2.24) is 20.0 Å². The lowest BCUT2D eigenvalue weighted by Crippen LogP contribution is -2.51. The van der Waals surface area contributed by atoms with E-state index in [1.165, 1.54) is 38.5 Å². The highest BCUT2D eigenvalue weighted by molar-refractivity contribution is 5.93. The molecule has 2 aromatic heterocycles. The molecule has 3 amide bonds. The molecular weight excluding hydrogens is 406 g/mol. The maximum Gasteiger partial charge on any atom is 0.268 e. The van der Waals surface area contributed by atoms with Gasteiger partial charge in [0, 0.05) is 25.7 Å². The molecule has 4 bridgehead atoms. The van der Waals surface area contributed by atoms with Gasteiger partial charge in [0.2, 0.25) is 11.8 Å². The number of carbonyl (C=O) groups is 3. The van der Waals surface area contributed by atoms with Crippen molar-refractivity contribution in [1.29, 1.82) is 0 Å². The number of hydrogen-bond acceptors (Lipinski definition) is 4. The van der Waals surface area contributed by atoms with Crippen LogP contribution in [0.4, 0.5) is 0 Å². The number of hydrogen-bond donors (Lipinski definition) is 3. The van der Waals surface area contributed by atoms with Crippen molar-refractivity contribution in [3.05, 3.63) is 35.8 Å². The highest BCUT2D eigenvalue weighted by Gasteiger charge is 2.50. The van der Waals surface area contributed by atoms with E-state index in [9.17, 15) is 14.4 Å². The topological polar surface area (TPSA) is 119 Å². The van der Waals surface area contributed by atoms with Crippen molar-refractivity contribution in [2.75, 3.05) is 13.1 Å². The number of nitrogens with one attached hydrogen (secondary N) is 2. The molecule has 0 unspecified atom stereocenters. The Morgan fingerprint density at radius 2 is 1.75 bits per heavy atom. The normalized spacial score (nSPS) is 28.1. The maximum absolute atomic E-state index is 13.1. The van der Waals surface area contributed by atoms with Gasteiger partial charge in [0.25, 0.3) is 5.91 Å². The first kappa shape index (κ1) is 21.0. The molecular formula is C24H31N5O3. The lowest BCUT2D eigenvalue weighted by atomic mass is 9.49. The Labute approximate surface area is 187 Å². The summed E-state index contributed by atoms with van der Waals surface area (Å²) in [5.41, 5.74) is 7.10. The maximum atomic E-state index is 13.1. The average molecular weight is 438 g/mol. The number of nitrogens with zero attached hydrogens (tertiary/aromatic N) is 2. The van der Waals surface area contributed by atoms with E-state index >= 15 is 0 Å². The van der Waals surface area contributed by atoms with E-state index in [0.29, 0.717) is 17.0 Å². The molecule has 6 rings (SSSR count). The summed E-state index contributed by atoms with van der Waals surface area (Å²) in [6.45, 7) is 0.953. The number of carbonyl (C=O) groups excluding carboxylic acids is 3. The first-order valence-corrected chi connectivity index (χ1v) is 11.7. The van der Waals surface area contributed by atoms with Gasteiger partial charge in [0.15, 0.2) is 0 Å². The molecule has 2 aromatic rings. The van der Waals surface area contributed by atoms with Crippen LogP contribution in [0.1, 0.15) is 61.1 Å². The summed E-state index contributed by atoms with van der Waals surface area (Å²) in [4.78, 5) is 40.5. The van der Waals surface area contributed by atoms with E-state index in [0.717, 1.165) is 24.3 Å². The Balaban J connectivity index is 1.24. The molecule has 0 atom stereocenters. The SMILES string of the molecule is NC(=O)CCNC(=O)Cc1cn2c(C(=O)NCC34CC5CC(CC(C5)C3)C4)cccc2n1. The minimum absolute atomic E-state index is 0.0782. The monoisotopic (exact) mass is 437 g/mol. The standard InChI is InChI=1S/C24H31N5O3/c25-20(30)4-5-26-22(31)9-18-13-29-19(2-1-3-21(29)28-18)23(32)27-14-24-10-15-6-16(11-24)8-17(7-15)12-24/h1-3,13,15-17H,4-12,14H2,(H2,25,30)(H,26,31)(H,27,32). The Bertz CT molecular complexity index is 1020. The van der Waals surface area contributed by atoms with Gasteiger partial charge < -0.3 is 16.4 Å². The van der Waals surface area contributed by atoms with Gasteiger partial charge in [0.1, 0.15) is 11.3 Å². The molecule has 2 heterocycles. The van der Waals surface area contributed by atoms with Gasteiger partial charge in [-0.2, -0.15) is 0 Å². The van der Waals surface area contributed by atoms with E-state index in [4.69, 9.17) is 5.73 Å². The van der Waals surface area contributed by atoms with Crippen LogP contribution in [0.3, 0.4) is 0 Å². The van der Waals surface area contributed by atoms with Crippen molar-refractivity contribution < 1.29 is 14.4 Å². The number of imidazole rings is 1. The molecule has 4 saturated carbocycles. The van der Waals surface area contributed by atoms with Crippen LogP contribution in [0.2, 0.25) is 0 Å². The van der Waals surface area contributed by atoms with Crippen molar-refractivity contribution in [3.63, 3.8) is 0 Å². The second-order valence-electron chi connectivity index (χ2n) is 10.2. The predicted molar refractivity (Wildman–Crippen MR) is 119 cm³/mol. The Morgan fingerprint density at radius 3 is 2.41 bits per heavy atom. The number of pyridine rings is 1. The molecule has 0 aromatic carbocycles.